The van der Waals surface area contributed by atoms with Crippen molar-refractivity contribution in [1.82, 2.24) is 79.3 Å². The molecule has 30 nitrogen and oxygen atoms in total. The van der Waals surface area contributed by atoms with E-state index in [0.29, 0.717) is 152 Å². The number of urea groups is 2. The van der Waals surface area contributed by atoms with Crippen LogP contribution in [-0.4, -0.2) is 236 Å². The van der Waals surface area contributed by atoms with Crippen LogP contribution in [0.5, 0.6) is 17.2 Å². The second-order valence-electron chi connectivity index (χ2n) is 44.4. The largest absolute Gasteiger partial charge is 0.505 e. The van der Waals surface area contributed by atoms with E-state index < -0.39 is 78.1 Å². The molecule has 2 saturated heterocycles. The van der Waals surface area contributed by atoms with Crippen LogP contribution in [0.4, 0.5) is 22.8 Å². The summed E-state index contributed by atoms with van der Waals surface area (Å²) in [4.78, 5) is 45.8. The number of fused-ring (bicyclic) bond motifs is 3. The zero-order valence-electron chi connectivity index (χ0n) is 87.3. The van der Waals surface area contributed by atoms with E-state index in [1.165, 1.54) is 12.1 Å². The van der Waals surface area contributed by atoms with Crippen molar-refractivity contribution in [2.45, 2.75) is 266 Å². The molecule has 142 heavy (non-hydrogen) atoms. The van der Waals surface area contributed by atoms with Crippen molar-refractivity contribution in [3.05, 3.63) is 161 Å². The molecule has 9 N–H and O–H groups in total. The molecule has 2 aliphatic heterocycles. The maximum Gasteiger partial charge on any atom is 0.317 e. The number of aliphatic hydroxyl groups excluding tert-OH is 2. The van der Waals surface area contributed by atoms with Gasteiger partial charge in [-0.25, -0.2) is 47.1 Å². The molecule has 2 atom stereocenters. The average molecular weight is 2060 g/mol. The predicted molar refractivity (Wildman–Crippen MR) is 574 cm³/mol. The van der Waals surface area contributed by atoms with Crippen LogP contribution in [0.2, 0.25) is 154 Å². The number of aromatic nitrogens is 12. The summed E-state index contributed by atoms with van der Waals surface area (Å²) in [5.41, 5.74) is 20.4. The highest BCUT2D eigenvalue weighted by Gasteiger charge is 2.31. The summed E-state index contributed by atoms with van der Waals surface area (Å²) >= 11 is 0. The van der Waals surface area contributed by atoms with E-state index in [1.807, 2.05) is 86.3 Å². The highest BCUT2D eigenvalue weighted by atomic mass is 28.3. The van der Waals surface area contributed by atoms with Gasteiger partial charge in [0.15, 0.2) is 65.8 Å². The first-order valence-corrected chi connectivity index (χ1v) is 72.1. The number of hydrogen-bond acceptors (Lipinski definition) is 20. The Bertz CT molecular complexity index is 6220. The lowest BCUT2D eigenvalue weighted by Crippen LogP contribution is -2.38. The zero-order chi connectivity index (χ0) is 103. The summed E-state index contributed by atoms with van der Waals surface area (Å²) in [5.74, 6) is 0.389. The van der Waals surface area contributed by atoms with Crippen molar-refractivity contribution in [2.24, 2.45) is 5.73 Å². The summed E-state index contributed by atoms with van der Waals surface area (Å²) in [6.45, 7) is 55.4. The normalized spacial score (nSPS) is 14.5. The number of aromatic hydroxyl groups is 1. The lowest BCUT2D eigenvalue weighted by Gasteiger charge is -2.17. The summed E-state index contributed by atoms with van der Waals surface area (Å²) < 4.78 is 101. The van der Waals surface area contributed by atoms with E-state index in [-0.39, 0.29) is 69.4 Å². The first-order chi connectivity index (χ1) is 67.2. The minimum atomic E-state index is -1.33. The van der Waals surface area contributed by atoms with Gasteiger partial charge in [0.1, 0.15) is 44.0 Å². The van der Waals surface area contributed by atoms with Crippen LogP contribution < -0.4 is 25.8 Å². The van der Waals surface area contributed by atoms with Crippen LogP contribution in [0.15, 0.2) is 110 Å². The summed E-state index contributed by atoms with van der Waals surface area (Å²) in [7, 11) is -7.60. The number of carbonyl (C=O) groups is 2. The van der Waals surface area contributed by atoms with E-state index in [1.54, 1.807) is 40.3 Å². The molecular formula is C103H152F3N17O13Si6. The second-order valence-corrected chi connectivity index (χ2v) is 78.1. The third-order valence-corrected chi connectivity index (χ3v) is 35.2. The third kappa shape index (κ3) is 31.8. The molecule has 14 rings (SSSR count). The molecule has 0 radical (unpaired) electrons. The van der Waals surface area contributed by atoms with Gasteiger partial charge in [-0.1, -0.05) is 157 Å². The van der Waals surface area contributed by atoms with Crippen LogP contribution in [0.1, 0.15) is 67.4 Å². The molecule has 772 valence electrons. The van der Waals surface area contributed by atoms with Crippen molar-refractivity contribution in [3.8, 4) is 85.2 Å². The molecule has 6 aromatic heterocycles. The third-order valence-electron chi connectivity index (χ3n) is 25.0. The molecule has 0 saturated carbocycles. The van der Waals surface area contributed by atoms with Gasteiger partial charge in [0.2, 0.25) is 0 Å². The Labute approximate surface area is 840 Å². The number of β-amino-alcohol motifs (C(OH)–C–C–N with tert-alkyl or cyclic N) is 2. The molecule has 39 heteroatoms. The minimum absolute atomic E-state index is 0.00526. The quantitative estimate of drug-likeness (QED) is 0.00998. The molecule has 0 bridgehead atoms. The summed E-state index contributed by atoms with van der Waals surface area (Å²) in [6.07, 6.45) is 7.76. The standard InChI is InChI=1S/C42H67FN6O6Si3.C37H60FN5O4Si3.C24H25FN6O3/c1-11-31-23-39(55-30-54-18-21-58(8,9)10)37(43)24-36(31)32-12-13-35-38(22-32)49(29-53-17-20-57(5,6)7)46-40(35)41-45-33(25-44-42(51)47-15-14-34(50)27-47)26-48(41)28-52-16-19-56(2,3)4;1-11-28-21-35(47-27-46-16-19-50(8,9)10)33(38)22-32(28)29-12-13-31-34(20-29)43(26-45-15-18-49(5,6)7)41-36(31)37-40-30(23-39)24-42(37)25-44-14-17-48(2,3)4;1-2-13-8-21(33)19(25)9-18(13)14-3-4-17-20(7-14)29-30-22(17)23-26-10-15(28-23)11-27-24(34)31-6-5-16(32)12-31/h12-13,22-24,26,34,50H,11,14-21,25,27-30H2,1-10H3,(H,44,51);12-13,20-22,24H,11,14-19,23,25-27,39H2,1-10H3;3-4,7-10,16,32-33H,2,5-6,11-12H2,1H3,(H,26,28)(H,27,34)(H,29,30)/t34-;;16-/m0.0/s1. The number of nitrogens with two attached hydrogens (primary N) is 1. The number of phenols is 1. The Kier molecular flexibility index (Phi) is 38.5. The van der Waals surface area contributed by atoms with Gasteiger partial charge in [0.25, 0.3) is 0 Å². The number of benzene rings is 6. The fourth-order valence-electron chi connectivity index (χ4n) is 16.2. The Morgan fingerprint density at radius 2 is 0.859 bits per heavy atom. The van der Waals surface area contributed by atoms with E-state index in [2.05, 4.69) is 169 Å². The zero-order valence-corrected chi connectivity index (χ0v) is 93.3. The van der Waals surface area contributed by atoms with Crippen LogP contribution in [0, 0.1) is 17.5 Å². The molecule has 0 unspecified atom stereocenters. The molecule has 0 spiro atoms. The number of aromatic amines is 2. The maximum atomic E-state index is 15.7. The number of imidazole rings is 3. The predicted octanol–water partition coefficient (Wildman–Crippen LogP) is 21.2. The number of ether oxygens (including phenoxy) is 8. The van der Waals surface area contributed by atoms with Gasteiger partial charge in [-0.15, -0.1) is 0 Å². The Balaban J connectivity index is 0.000000196. The SMILES string of the molecule is CCc1cc(O)c(F)cc1-c1ccc2c(-c3ncc(CNC(=O)N4CC[C@H](O)C4)[nH]3)n[nH]c2c1.CCc1cc(OCOCC[Si](C)(C)C)c(F)cc1-c1ccc2c(-c3nc(CN)cn3COCC[Si](C)(C)C)nn(COCC[Si](C)(C)C)c2c1.CCc1cc(OCOCC[Si](C)(C)C)c(F)cc1-c1ccc2c(-c3nc(CNC(=O)N4CC[C@H](O)C4)cn3COCC[Si](C)(C)C)nn(COCC[Si](C)(C)C)c2c1. The summed E-state index contributed by atoms with van der Waals surface area (Å²) in [5, 5.41) is 55.3. The van der Waals surface area contributed by atoms with Gasteiger partial charge in [0.05, 0.1) is 65.1 Å². The van der Waals surface area contributed by atoms with Crippen molar-refractivity contribution < 1.29 is 76.0 Å². The number of likely N-dealkylation sites (tertiary alicyclic amines) is 2. The topological polar surface area (TPSA) is 354 Å². The monoisotopic (exact) mass is 2060 g/mol. The lowest BCUT2D eigenvalue weighted by atomic mass is 9.96. The molecule has 2 fully saturated rings. The molecule has 0 aliphatic carbocycles. The number of nitrogens with zero attached hydrogens (tertiary/aromatic N) is 12. The summed E-state index contributed by atoms with van der Waals surface area (Å²) in [6, 6.07) is 33.2. The average Bonchev–Trinajstić information content (AvgIpc) is 1.60. The number of aliphatic hydroxyl groups is 2. The van der Waals surface area contributed by atoms with Crippen LogP contribution in [-0.2, 0) is 94.2 Å². The van der Waals surface area contributed by atoms with Crippen LogP contribution in [0.25, 0.3) is 101 Å². The number of H-pyrrole nitrogens is 2. The van der Waals surface area contributed by atoms with Crippen molar-refractivity contribution in [3.63, 3.8) is 0 Å². The fourth-order valence-corrected chi connectivity index (χ4v) is 20.7. The van der Waals surface area contributed by atoms with E-state index in [4.69, 9.17) is 63.8 Å². The Morgan fingerprint density at radius 3 is 1.27 bits per heavy atom. The van der Waals surface area contributed by atoms with Crippen LogP contribution in [0.3, 0.4) is 0 Å². The lowest BCUT2D eigenvalue weighted by molar-refractivity contribution is 0.0195. The number of nitrogens with one attached hydrogen (secondary N) is 4. The number of rotatable bonds is 46. The van der Waals surface area contributed by atoms with Gasteiger partial charge in [-0.05, 0) is 191 Å². The molecule has 2 aliphatic rings. The van der Waals surface area contributed by atoms with Gasteiger partial charge >= 0.3 is 12.1 Å². The molecule has 8 heterocycles. The Morgan fingerprint density at radius 1 is 0.472 bits per heavy atom. The van der Waals surface area contributed by atoms with Crippen LogP contribution >= 0.6 is 0 Å². The van der Waals surface area contributed by atoms with Gasteiger partial charge < -0.3 is 93.5 Å². The fraction of sp³-hybridized carbons (Fsp3) is 0.515. The first-order valence-electron chi connectivity index (χ1n) is 49.9. The number of aryl methyl sites for hydroxylation is 3. The van der Waals surface area contributed by atoms with E-state index in [0.717, 1.165) is 136 Å². The molecule has 12 aromatic rings. The number of amides is 4. The van der Waals surface area contributed by atoms with Gasteiger partial charge in [-0.3, -0.25) is 5.10 Å². The number of phenolic OH excluding ortho intramolecular Hbond substituents is 1. The maximum absolute atomic E-state index is 15.7. The molecular weight excluding hydrogens is 1910 g/mol. The smallest absolute Gasteiger partial charge is 0.317 e. The van der Waals surface area contributed by atoms with E-state index in [9.17, 15) is 29.3 Å². The van der Waals surface area contributed by atoms with Crippen molar-refractivity contribution >= 4 is 93.2 Å². The Hall–Kier alpha value is -9.97. The molecule has 6 aromatic carbocycles. The highest BCUT2D eigenvalue weighted by Crippen LogP contribution is 2.41. The van der Waals surface area contributed by atoms with Crippen molar-refractivity contribution in [1.29, 1.82) is 0 Å². The number of carbonyl (C=O) groups excluding carboxylic acids is 2. The first kappa shape index (κ1) is 111. The molecule has 4 amide bonds. The second kappa shape index (κ2) is 49.3. The number of halogens is 3. The highest BCUT2D eigenvalue weighted by molar-refractivity contribution is 6.78. The van der Waals surface area contributed by atoms with Crippen molar-refractivity contribution in [2.75, 3.05) is 79.4 Å². The number of hydrogen-bond donors (Lipinski definition) is 8. The van der Waals surface area contributed by atoms with Gasteiger partial charge in [-0.2, -0.15) is 15.3 Å². The van der Waals surface area contributed by atoms with E-state index >= 15 is 8.78 Å². The minimum Gasteiger partial charge on any atom is -0.505 e. The van der Waals surface area contributed by atoms with Gasteiger partial charge in [0, 0.05) is 149 Å².